The minimum atomic E-state index is -0.151. The van der Waals surface area contributed by atoms with Gasteiger partial charge in [0.2, 0.25) is 5.91 Å². The molecule has 0 saturated carbocycles. The standard InChI is InChI=1S/C24H20ClN7OS/c1-16-18(25)10-7-12-19(16)26-23(33)15-34-24-29-28-22(32(24)17-8-3-2-4-9-17)14-31-21-13-6-5-11-20(21)27-30-31/h2-13H,14-15H2,1H3,(H,26,33). The van der Waals surface area contributed by atoms with Gasteiger partial charge in [0.15, 0.2) is 11.0 Å². The first-order valence-corrected chi connectivity index (χ1v) is 11.9. The van der Waals surface area contributed by atoms with Gasteiger partial charge in [0.25, 0.3) is 0 Å². The van der Waals surface area contributed by atoms with Crippen molar-refractivity contribution >= 4 is 46.0 Å². The summed E-state index contributed by atoms with van der Waals surface area (Å²) in [5.41, 5.74) is 4.16. The van der Waals surface area contributed by atoms with Gasteiger partial charge < -0.3 is 5.32 Å². The monoisotopic (exact) mass is 489 g/mol. The maximum atomic E-state index is 12.7. The number of carbonyl (C=O) groups excluding carboxylic acids is 1. The van der Waals surface area contributed by atoms with Gasteiger partial charge in [0, 0.05) is 16.4 Å². The van der Waals surface area contributed by atoms with E-state index in [-0.39, 0.29) is 11.7 Å². The van der Waals surface area contributed by atoms with E-state index in [1.165, 1.54) is 11.8 Å². The highest BCUT2D eigenvalue weighted by Crippen LogP contribution is 2.25. The molecule has 0 spiro atoms. The lowest BCUT2D eigenvalue weighted by Crippen LogP contribution is -2.15. The number of amides is 1. The Labute approximate surface area is 205 Å². The van der Waals surface area contributed by atoms with Crippen LogP contribution >= 0.6 is 23.4 Å². The largest absolute Gasteiger partial charge is 0.325 e. The van der Waals surface area contributed by atoms with E-state index in [4.69, 9.17) is 11.6 Å². The van der Waals surface area contributed by atoms with E-state index < -0.39 is 0 Å². The number of hydrogen-bond acceptors (Lipinski definition) is 6. The van der Waals surface area contributed by atoms with Gasteiger partial charge in [-0.25, -0.2) is 4.68 Å². The summed E-state index contributed by atoms with van der Waals surface area (Å²) < 4.78 is 3.74. The average Bonchev–Trinajstić information content (AvgIpc) is 3.45. The fourth-order valence-electron chi connectivity index (χ4n) is 3.56. The molecule has 2 heterocycles. The zero-order chi connectivity index (χ0) is 23.5. The van der Waals surface area contributed by atoms with E-state index in [0.29, 0.717) is 28.2 Å². The van der Waals surface area contributed by atoms with Crippen LogP contribution in [0.4, 0.5) is 5.69 Å². The maximum absolute atomic E-state index is 12.7. The SMILES string of the molecule is Cc1c(Cl)cccc1NC(=O)CSc1nnc(Cn2nnc3ccccc32)n1-c1ccccc1. The smallest absolute Gasteiger partial charge is 0.234 e. The van der Waals surface area contributed by atoms with Crippen LogP contribution in [0, 0.1) is 6.92 Å². The molecule has 0 aliphatic carbocycles. The average molecular weight is 490 g/mol. The molecule has 1 N–H and O–H groups in total. The lowest BCUT2D eigenvalue weighted by molar-refractivity contribution is -0.113. The minimum absolute atomic E-state index is 0.151. The van der Waals surface area contributed by atoms with Crippen molar-refractivity contribution in [2.75, 3.05) is 11.1 Å². The van der Waals surface area contributed by atoms with Crippen molar-refractivity contribution < 1.29 is 4.79 Å². The maximum Gasteiger partial charge on any atom is 0.234 e. The molecule has 5 aromatic rings. The Morgan fingerprint density at radius 2 is 1.76 bits per heavy atom. The Bertz CT molecular complexity index is 1470. The summed E-state index contributed by atoms with van der Waals surface area (Å²) in [7, 11) is 0. The zero-order valence-electron chi connectivity index (χ0n) is 18.2. The molecule has 0 aliphatic heterocycles. The molecule has 1 amide bonds. The molecule has 0 radical (unpaired) electrons. The van der Waals surface area contributed by atoms with Gasteiger partial charge in [-0.3, -0.25) is 9.36 Å². The van der Waals surface area contributed by atoms with Crippen molar-refractivity contribution in [3.8, 4) is 5.69 Å². The summed E-state index contributed by atoms with van der Waals surface area (Å²) in [4.78, 5) is 12.7. The quantitative estimate of drug-likeness (QED) is 0.332. The van der Waals surface area contributed by atoms with E-state index in [1.54, 1.807) is 10.7 Å². The van der Waals surface area contributed by atoms with Crippen molar-refractivity contribution in [3.05, 3.63) is 89.2 Å². The van der Waals surface area contributed by atoms with Gasteiger partial charge in [-0.2, -0.15) is 0 Å². The first-order chi connectivity index (χ1) is 16.6. The van der Waals surface area contributed by atoms with E-state index in [2.05, 4.69) is 25.8 Å². The molecular formula is C24H20ClN7OS. The molecule has 0 fully saturated rings. The summed E-state index contributed by atoms with van der Waals surface area (Å²) in [5.74, 6) is 0.709. The van der Waals surface area contributed by atoms with Crippen LogP contribution < -0.4 is 5.32 Å². The summed E-state index contributed by atoms with van der Waals surface area (Å²) in [6.45, 7) is 2.26. The summed E-state index contributed by atoms with van der Waals surface area (Å²) in [5, 5.41) is 21.4. The molecule has 3 aromatic carbocycles. The zero-order valence-corrected chi connectivity index (χ0v) is 19.8. The van der Waals surface area contributed by atoms with Crippen molar-refractivity contribution in [2.24, 2.45) is 0 Å². The molecule has 5 rings (SSSR count). The Morgan fingerprint density at radius 3 is 2.62 bits per heavy atom. The predicted octanol–water partition coefficient (Wildman–Crippen LogP) is 4.75. The third kappa shape index (κ3) is 4.52. The van der Waals surface area contributed by atoms with Crippen LogP contribution in [-0.2, 0) is 11.3 Å². The highest BCUT2D eigenvalue weighted by molar-refractivity contribution is 7.99. The van der Waals surface area contributed by atoms with Crippen LogP contribution in [0.3, 0.4) is 0 Å². The van der Waals surface area contributed by atoms with Gasteiger partial charge in [-0.1, -0.05) is 65.0 Å². The minimum Gasteiger partial charge on any atom is -0.325 e. The molecule has 10 heteroatoms. The van der Waals surface area contributed by atoms with E-state index in [0.717, 1.165) is 22.3 Å². The Balaban J connectivity index is 1.39. The first kappa shape index (κ1) is 22.1. The number of hydrogen-bond donors (Lipinski definition) is 1. The number of rotatable bonds is 7. The highest BCUT2D eigenvalue weighted by atomic mass is 35.5. The molecule has 8 nitrogen and oxygen atoms in total. The number of thioether (sulfide) groups is 1. The molecule has 0 bridgehead atoms. The highest BCUT2D eigenvalue weighted by Gasteiger charge is 2.18. The number of halogens is 1. The Kier molecular flexibility index (Phi) is 6.29. The van der Waals surface area contributed by atoms with Gasteiger partial charge in [0.1, 0.15) is 12.1 Å². The van der Waals surface area contributed by atoms with E-state index in [9.17, 15) is 4.79 Å². The van der Waals surface area contributed by atoms with Crippen LogP contribution in [0.1, 0.15) is 11.4 Å². The molecule has 170 valence electrons. The van der Waals surface area contributed by atoms with Gasteiger partial charge in [0.05, 0.1) is 11.3 Å². The number of fused-ring (bicyclic) bond motifs is 1. The number of nitrogens with one attached hydrogen (secondary N) is 1. The summed E-state index contributed by atoms with van der Waals surface area (Å²) in [6, 6.07) is 23.0. The number of benzene rings is 3. The summed E-state index contributed by atoms with van der Waals surface area (Å²) in [6.07, 6.45) is 0. The number of nitrogens with zero attached hydrogens (tertiary/aromatic N) is 6. The molecular weight excluding hydrogens is 470 g/mol. The molecule has 0 unspecified atom stereocenters. The second-order valence-electron chi connectivity index (χ2n) is 7.55. The second-order valence-corrected chi connectivity index (χ2v) is 8.90. The lowest BCUT2D eigenvalue weighted by Gasteiger charge is -2.11. The molecule has 0 aliphatic rings. The van der Waals surface area contributed by atoms with Crippen LogP contribution in [0.15, 0.2) is 78.0 Å². The van der Waals surface area contributed by atoms with Crippen LogP contribution in [0.25, 0.3) is 16.7 Å². The van der Waals surface area contributed by atoms with Crippen molar-refractivity contribution in [1.82, 2.24) is 29.8 Å². The van der Waals surface area contributed by atoms with E-state index in [1.807, 2.05) is 78.2 Å². The number of aromatic nitrogens is 6. The number of para-hydroxylation sites is 2. The summed E-state index contributed by atoms with van der Waals surface area (Å²) >= 11 is 7.48. The molecule has 0 saturated heterocycles. The fourth-order valence-corrected chi connectivity index (χ4v) is 4.51. The van der Waals surface area contributed by atoms with Gasteiger partial charge in [-0.05, 0) is 48.9 Å². The van der Waals surface area contributed by atoms with Crippen LogP contribution in [0.2, 0.25) is 5.02 Å². The van der Waals surface area contributed by atoms with E-state index >= 15 is 0 Å². The van der Waals surface area contributed by atoms with Crippen LogP contribution in [-0.4, -0.2) is 41.4 Å². The van der Waals surface area contributed by atoms with Crippen LogP contribution in [0.5, 0.6) is 0 Å². The lowest BCUT2D eigenvalue weighted by atomic mass is 10.2. The topological polar surface area (TPSA) is 90.5 Å². The third-order valence-corrected chi connectivity index (χ3v) is 6.64. The Morgan fingerprint density at radius 1 is 0.971 bits per heavy atom. The second kappa shape index (κ2) is 9.66. The van der Waals surface area contributed by atoms with Crippen molar-refractivity contribution in [3.63, 3.8) is 0 Å². The van der Waals surface area contributed by atoms with Crippen molar-refractivity contribution in [2.45, 2.75) is 18.6 Å². The Hall–Kier alpha value is -3.69. The number of carbonyl (C=O) groups is 1. The molecule has 0 atom stereocenters. The van der Waals surface area contributed by atoms with Gasteiger partial charge in [-0.15, -0.1) is 15.3 Å². The number of anilines is 1. The van der Waals surface area contributed by atoms with Crippen molar-refractivity contribution in [1.29, 1.82) is 0 Å². The third-order valence-electron chi connectivity index (χ3n) is 5.30. The predicted molar refractivity (Wildman–Crippen MR) is 134 cm³/mol. The fraction of sp³-hybridized carbons (Fsp3) is 0.125. The van der Waals surface area contributed by atoms with Gasteiger partial charge >= 0.3 is 0 Å². The first-order valence-electron chi connectivity index (χ1n) is 10.6. The molecule has 2 aromatic heterocycles. The normalized spacial score (nSPS) is 11.1. The molecule has 34 heavy (non-hydrogen) atoms.